The lowest BCUT2D eigenvalue weighted by Crippen LogP contribution is -2.25. The Bertz CT molecular complexity index is 556. The molecule has 4 nitrogen and oxygen atoms in total. The van der Waals surface area contributed by atoms with Crippen LogP contribution in [0.2, 0.25) is 0 Å². The largest absolute Gasteiger partial charge is 0.352 e. The Balaban J connectivity index is 1.85. The van der Waals surface area contributed by atoms with Crippen LogP contribution in [-0.4, -0.2) is 22.6 Å². The van der Waals surface area contributed by atoms with Gasteiger partial charge in [0.2, 0.25) is 0 Å². The van der Waals surface area contributed by atoms with Crippen molar-refractivity contribution in [2.45, 2.75) is 13.3 Å². The summed E-state index contributed by atoms with van der Waals surface area (Å²) in [7, 11) is 0. The van der Waals surface area contributed by atoms with Crippen LogP contribution in [0.15, 0.2) is 28.7 Å². The number of hydrogen-bond donors (Lipinski definition) is 1. The summed E-state index contributed by atoms with van der Waals surface area (Å²) in [4.78, 5) is 11.8. The van der Waals surface area contributed by atoms with E-state index in [1.807, 2.05) is 19.1 Å². The number of carbonyl (C=O) groups excluding carboxylic acids is 1. The molecule has 0 saturated heterocycles. The Kier molecular flexibility index (Phi) is 4.43. The monoisotopic (exact) mass is 325 g/mol. The van der Waals surface area contributed by atoms with E-state index in [1.165, 1.54) is 0 Å². The first-order valence-corrected chi connectivity index (χ1v) is 7.09. The lowest BCUT2D eigenvalue weighted by atomic mass is 10.2. The summed E-state index contributed by atoms with van der Waals surface area (Å²) in [5.74, 6) is -0.0717. The number of nitrogens with zero attached hydrogens (tertiary/aromatic N) is 2. The second-order valence-electron chi connectivity index (χ2n) is 3.73. The number of aromatic nitrogens is 2. The van der Waals surface area contributed by atoms with Crippen molar-refractivity contribution in [3.63, 3.8) is 0 Å². The molecule has 2 aromatic rings. The van der Waals surface area contributed by atoms with Crippen LogP contribution in [-0.2, 0) is 6.42 Å². The quantitative estimate of drug-likeness (QED) is 0.940. The third kappa shape index (κ3) is 3.61. The predicted octanol–water partition coefficient (Wildman–Crippen LogP) is 2.58. The smallest absolute Gasteiger partial charge is 0.251 e. The first-order valence-electron chi connectivity index (χ1n) is 5.48. The zero-order valence-electron chi connectivity index (χ0n) is 9.81. The van der Waals surface area contributed by atoms with Crippen molar-refractivity contribution in [3.05, 3.63) is 44.3 Å². The van der Waals surface area contributed by atoms with Crippen molar-refractivity contribution >= 4 is 33.2 Å². The third-order valence-electron chi connectivity index (χ3n) is 2.28. The van der Waals surface area contributed by atoms with Crippen molar-refractivity contribution in [1.29, 1.82) is 0 Å². The molecule has 1 heterocycles. The van der Waals surface area contributed by atoms with E-state index in [4.69, 9.17) is 0 Å². The molecule has 0 aliphatic heterocycles. The SMILES string of the molecule is Cc1nnc(CCNC(=O)c2cccc(Br)c2)s1. The van der Waals surface area contributed by atoms with Crippen molar-refractivity contribution in [2.24, 2.45) is 0 Å². The van der Waals surface area contributed by atoms with Gasteiger partial charge in [-0.1, -0.05) is 22.0 Å². The number of halogens is 1. The maximum absolute atomic E-state index is 11.8. The normalized spacial score (nSPS) is 10.3. The fourth-order valence-corrected chi connectivity index (χ4v) is 2.56. The van der Waals surface area contributed by atoms with Gasteiger partial charge in [-0.15, -0.1) is 21.5 Å². The molecule has 0 unspecified atom stereocenters. The van der Waals surface area contributed by atoms with Crippen molar-refractivity contribution in [2.75, 3.05) is 6.54 Å². The summed E-state index contributed by atoms with van der Waals surface area (Å²) >= 11 is 4.90. The molecule has 0 saturated carbocycles. The molecule has 0 aliphatic rings. The maximum Gasteiger partial charge on any atom is 0.251 e. The molecule has 1 amide bonds. The molecule has 6 heteroatoms. The summed E-state index contributed by atoms with van der Waals surface area (Å²) in [6, 6.07) is 7.31. The van der Waals surface area contributed by atoms with Crippen LogP contribution in [0.3, 0.4) is 0 Å². The minimum atomic E-state index is -0.0717. The number of amides is 1. The second kappa shape index (κ2) is 6.06. The number of nitrogens with one attached hydrogen (secondary N) is 1. The third-order valence-corrected chi connectivity index (χ3v) is 3.67. The second-order valence-corrected chi connectivity index (χ2v) is 5.91. The zero-order chi connectivity index (χ0) is 13.0. The number of carbonyl (C=O) groups is 1. The molecule has 1 aromatic heterocycles. The lowest BCUT2D eigenvalue weighted by Gasteiger charge is -2.03. The molecule has 94 valence electrons. The van der Waals surface area contributed by atoms with Gasteiger partial charge in [0.05, 0.1) is 0 Å². The summed E-state index contributed by atoms with van der Waals surface area (Å²) in [6.45, 7) is 2.49. The van der Waals surface area contributed by atoms with Crippen LogP contribution in [0.25, 0.3) is 0 Å². The van der Waals surface area contributed by atoms with E-state index in [2.05, 4.69) is 31.4 Å². The molecule has 1 N–H and O–H groups in total. The summed E-state index contributed by atoms with van der Waals surface area (Å²) in [5.41, 5.74) is 0.651. The Morgan fingerprint density at radius 2 is 2.28 bits per heavy atom. The molecular weight excluding hydrogens is 314 g/mol. The van der Waals surface area contributed by atoms with Gasteiger partial charge in [-0.2, -0.15) is 0 Å². The summed E-state index contributed by atoms with van der Waals surface area (Å²) in [6.07, 6.45) is 0.714. The molecule has 0 aliphatic carbocycles. The minimum Gasteiger partial charge on any atom is -0.352 e. The molecule has 1 aromatic carbocycles. The molecule has 18 heavy (non-hydrogen) atoms. The standard InChI is InChI=1S/C12H12BrN3OS/c1-8-15-16-11(18-8)5-6-14-12(17)9-3-2-4-10(13)7-9/h2-4,7H,5-6H2,1H3,(H,14,17). The number of rotatable bonds is 4. The fourth-order valence-electron chi connectivity index (χ4n) is 1.45. The lowest BCUT2D eigenvalue weighted by molar-refractivity contribution is 0.0954. The maximum atomic E-state index is 11.8. The van der Waals surface area contributed by atoms with Crippen LogP contribution in [0.1, 0.15) is 20.4 Å². The van der Waals surface area contributed by atoms with Crippen LogP contribution >= 0.6 is 27.3 Å². The molecule has 0 fully saturated rings. The van der Waals surface area contributed by atoms with Gasteiger partial charge in [0.25, 0.3) is 5.91 Å². The Morgan fingerprint density at radius 3 is 2.94 bits per heavy atom. The predicted molar refractivity (Wildman–Crippen MR) is 74.8 cm³/mol. The molecule has 0 spiro atoms. The van der Waals surface area contributed by atoms with Gasteiger partial charge >= 0.3 is 0 Å². The van der Waals surface area contributed by atoms with Gasteiger partial charge in [0.15, 0.2) is 0 Å². The van der Waals surface area contributed by atoms with Crippen molar-refractivity contribution in [1.82, 2.24) is 15.5 Å². The van der Waals surface area contributed by atoms with Crippen LogP contribution < -0.4 is 5.32 Å². The highest BCUT2D eigenvalue weighted by Crippen LogP contribution is 2.11. The van der Waals surface area contributed by atoms with Crippen molar-refractivity contribution in [3.8, 4) is 0 Å². The molecule has 2 rings (SSSR count). The van der Waals surface area contributed by atoms with Crippen molar-refractivity contribution < 1.29 is 4.79 Å². The Morgan fingerprint density at radius 1 is 1.44 bits per heavy atom. The van der Waals surface area contributed by atoms with E-state index in [0.717, 1.165) is 14.5 Å². The first-order chi connectivity index (χ1) is 8.65. The minimum absolute atomic E-state index is 0.0717. The first kappa shape index (κ1) is 13.2. The topological polar surface area (TPSA) is 54.9 Å². The van der Waals surface area contributed by atoms with Gasteiger partial charge in [0.1, 0.15) is 10.0 Å². The Labute approximate surface area is 118 Å². The van der Waals surface area contributed by atoms with Gasteiger partial charge < -0.3 is 5.32 Å². The molecule has 0 bridgehead atoms. The molecule has 0 atom stereocenters. The zero-order valence-corrected chi connectivity index (χ0v) is 12.2. The fraction of sp³-hybridized carbons (Fsp3) is 0.250. The summed E-state index contributed by atoms with van der Waals surface area (Å²) in [5, 5.41) is 12.7. The Hall–Kier alpha value is -1.27. The van der Waals surface area contributed by atoms with Crippen LogP contribution in [0.4, 0.5) is 0 Å². The summed E-state index contributed by atoms with van der Waals surface area (Å²) < 4.78 is 0.898. The highest BCUT2D eigenvalue weighted by atomic mass is 79.9. The van der Waals surface area contributed by atoms with E-state index in [-0.39, 0.29) is 5.91 Å². The number of benzene rings is 1. The van der Waals surface area contributed by atoms with E-state index in [0.29, 0.717) is 18.5 Å². The van der Waals surface area contributed by atoms with Gasteiger partial charge in [-0.05, 0) is 25.1 Å². The number of aryl methyl sites for hydroxylation is 1. The van der Waals surface area contributed by atoms with Crippen LogP contribution in [0, 0.1) is 6.92 Å². The average molecular weight is 326 g/mol. The highest BCUT2D eigenvalue weighted by Gasteiger charge is 2.06. The van der Waals surface area contributed by atoms with E-state index in [9.17, 15) is 4.79 Å². The van der Waals surface area contributed by atoms with E-state index < -0.39 is 0 Å². The molecular formula is C12H12BrN3OS. The van der Waals surface area contributed by atoms with Gasteiger partial charge in [-0.25, -0.2) is 0 Å². The van der Waals surface area contributed by atoms with E-state index in [1.54, 1.807) is 23.5 Å². The van der Waals surface area contributed by atoms with Gasteiger partial charge in [0, 0.05) is 23.0 Å². The van der Waals surface area contributed by atoms with Crippen LogP contribution in [0.5, 0.6) is 0 Å². The average Bonchev–Trinajstić information content (AvgIpc) is 2.75. The van der Waals surface area contributed by atoms with Gasteiger partial charge in [-0.3, -0.25) is 4.79 Å². The highest BCUT2D eigenvalue weighted by molar-refractivity contribution is 9.10. The number of hydrogen-bond acceptors (Lipinski definition) is 4. The molecule has 0 radical (unpaired) electrons. The van der Waals surface area contributed by atoms with E-state index >= 15 is 0 Å².